The Bertz CT molecular complexity index is 923. The summed E-state index contributed by atoms with van der Waals surface area (Å²) in [5, 5.41) is 14.1. The second kappa shape index (κ2) is 8.82. The maximum Gasteiger partial charge on any atom is 0.220 e. The van der Waals surface area contributed by atoms with E-state index in [-0.39, 0.29) is 12.5 Å². The Balaban J connectivity index is 1.19. The molecule has 28 heavy (non-hydrogen) atoms. The van der Waals surface area contributed by atoms with Crippen molar-refractivity contribution in [1.29, 1.82) is 0 Å². The van der Waals surface area contributed by atoms with E-state index in [1.54, 1.807) is 11.3 Å². The summed E-state index contributed by atoms with van der Waals surface area (Å²) in [6.45, 7) is 2.67. The normalized spacial score (nSPS) is 15.3. The minimum Gasteiger partial charge on any atom is -0.390 e. The predicted octanol–water partition coefficient (Wildman–Crippen LogP) is 2.76. The van der Waals surface area contributed by atoms with Crippen LogP contribution in [0.15, 0.2) is 48.5 Å². The fraction of sp³-hybridized carbons (Fsp3) is 0.364. The van der Waals surface area contributed by atoms with E-state index in [9.17, 15) is 9.90 Å². The Hall–Kier alpha value is -2.28. The van der Waals surface area contributed by atoms with E-state index in [1.807, 2.05) is 24.3 Å². The molecule has 0 fully saturated rings. The number of nitrogens with one attached hydrogen (secondary N) is 1. The highest BCUT2D eigenvalue weighted by Gasteiger charge is 2.18. The summed E-state index contributed by atoms with van der Waals surface area (Å²) < 4.78 is 1.15. The van der Waals surface area contributed by atoms with Crippen LogP contribution in [0.4, 0.5) is 0 Å². The van der Waals surface area contributed by atoms with Gasteiger partial charge < -0.3 is 10.4 Å². The molecule has 2 aromatic carbocycles. The molecule has 6 heteroatoms. The highest BCUT2D eigenvalue weighted by Crippen LogP contribution is 2.22. The van der Waals surface area contributed by atoms with Crippen LogP contribution in [0.2, 0.25) is 0 Å². The number of thiazole rings is 1. The summed E-state index contributed by atoms with van der Waals surface area (Å²) in [7, 11) is 0. The summed E-state index contributed by atoms with van der Waals surface area (Å²) in [5.41, 5.74) is 3.72. The Morgan fingerprint density at radius 3 is 2.82 bits per heavy atom. The average Bonchev–Trinajstić information content (AvgIpc) is 3.14. The van der Waals surface area contributed by atoms with Gasteiger partial charge in [-0.1, -0.05) is 36.4 Å². The molecule has 1 atom stereocenters. The SMILES string of the molecule is O=C(CCc1nc2ccccc2s1)NCC(O)CN1CCc2ccccc2C1. The Kier molecular flexibility index (Phi) is 6.00. The first kappa shape index (κ1) is 19.1. The van der Waals surface area contributed by atoms with Gasteiger partial charge in [-0.15, -0.1) is 11.3 Å². The highest BCUT2D eigenvalue weighted by atomic mass is 32.1. The van der Waals surface area contributed by atoms with Gasteiger partial charge in [0.05, 0.1) is 21.3 Å². The lowest BCUT2D eigenvalue weighted by Crippen LogP contribution is -2.42. The molecule has 4 rings (SSSR count). The number of para-hydroxylation sites is 1. The Morgan fingerprint density at radius 2 is 1.96 bits per heavy atom. The smallest absolute Gasteiger partial charge is 0.220 e. The molecular formula is C22H25N3O2S. The fourth-order valence-corrected chi connectivity index (χ4v) is 4.61. The number of nitrogens with zero attached hydrogens (tertiary/aromatic N) is 2. The van der Waals surface area contributed by atoms with Gasteiger partial charge in [-0.05, 0) is 29.7 Å². The number of fused-ring (bicyclic) bond motifs is 2. The van der Waals surface area contributed by atoms with Gasteiger partial charge in [-0.2, -0.15) is 0 Å². The number of aliphatic hydroxyl groups is 1. The van der Waals surface area contributed by atoms with Crippen molar-refractivity contribution in [3.63, 3.8) is 0 Å². The van der Waals surface area contributed by atoms with Crippen LogP contribution in [-0.2, 0) is 24.2 Å². The Labute approximate surface area is 169 Å². The van der Waals surface area contributed by atoms with E-state index in [0.29, 0.717) is 19.4 Å². The molecule has 0 bridgehead atoms. The van der Waals surface area contributed by atoms with Crippen molar-refractivity contribution in [2.45, 2.75) is 31.9 Å². The van der Waals surface area contributed by atoms with Crippen LogP contribution >= 0.6 is 11.3 Å². The van der Waals surface area contributed by atoms with Crippen LogP contribution in [0.1, 0.15) is 22.6 Å². The maximum absolute atomic E-state index is 12.1. The lowest BCUT2D eigenvalue weighted by Gasteiger charge is -2.30. The van der Waals surface area contributed by atoms with Crippen molar-refractivity contribution in [1.82, 2.24) is 15.2 Å². The number of aryl methyl sites for hydroxylation is 1. The zero-order valence-corrected chi connectivity index (χ0v) is 16.6. The largest absolute Gasteiger partial charge is 0.390 e. The van der Waals surface area contributed by atoms with Crippen LogP contribution in [0.5, 0.6) is 0 Å². The molecule has 1 unspecified atom stereocenters. The van der Waals surface area contributed by atoms with Crippen molar-refractivity contribution >= 4 is 27.5 Å². The fourth-order valence-electron chi connectivity index (χ4n) is 3.64. The first-order chi connectivity index (χ1) is 13.7. The molecule has 5 nitrogen and oxygen atoms in total. The molecule has 2 N–H and O–H groups in total. The molecule has 3 aromatic rings. The standard InChI is InChI=1S/C22H25N3O2S/c26-18(15-25-12-11-16-5-1-2-6-17(16)14-25)13-23-21(27)9-10-22-24-19-7-3-4-8-20(19)28-22/h1-8,18,26H,9-15H2,(H,23,27). The monoisotopic (exact) mass is 395 g/mol. The van der Waals surface area contributed by atoms with Gasteiger partial charge in [0.2, 0.25) is 5.91 Å². The predicted molar refractivity (Wildman–Crippen MR) is 112 cm³/mol. The van der Waals surface area contributed by atoms with Gasteiger partial charge in [0, 0.05) is 39.0 Å². The molecule has 1 aromatic heterocycles. The topological polar surface area (TPSA) is 65.5 Å². The van der Waals surface area contributed by atoms with E-state index in [0.717, 1.165) is 34.7 Å². The van der Waals surface area contributed by atoms with Gasteiger partial charge >= 0.3 is 0 Å². The molecule has 0 spiro atoms. The third-order valence-corrected chi connectivity index (χ3v) is 6.21. The number of carbonyl (C=O) groups excluding carboxylic acids is 1. The molecule has 1 amide bonds. The third-order valence-electron chi connectivity index (χ3n) is 5.12. The molecule has 0 saturated carbocycles. The molecule has 2 heterocycles. The van der Waals surface area contributed by atoms with Gasteiger partial charge in [-0.3, -0.25) is 9.69 Å². The number of hydrogen-bond acceptors (Lipinski definition) is 5. The quantitative estimate of drug-likeness (QED) is 0.646. The van der Waals surface area contributed by atoms with Crippen molar-refractivity contribution in [2.24, 2.45) is 0 Å². The van der Waals surface area contributed by atoms with Crippen LogP contribution < -0.4 is 5.32 Å². The molecule has 0 radical (unpaired) electrons. The number of amides is 1. The van der Waals surface area contributed by atoms with Crippen LogP contribution in [0.3, 0.4) is 0 Å². The molecule has 0 aliphatic carbocycles. The molecule has 0 saturated heterocycles. The number of carbonyl (C=O) groups is 1. The second-order valence-electron chi connectivity index (χ2n) is 7.29. The van der Waals surface area contributed by atoms with E-state index >= 15 is 0 Å². The summed E-state index contributed by atoms with van der Waals surface area (Å²) in [5.74, 6) is -0.0395. The van der Waals surface area contributed by atoms with Crippen LogP contribution in [0.25, 0.3) is 10.2 Å². The molecule has 1 aliphatic rings. The maximum atomic E-state index is 12.1. The van der Waals surface area contributed by atoms with Crippen molar-refractivity contribution in [3.8, 4) is 0 Å². The number of benzene rings is 2. The highest BCUT2D eigenvalue weighted by molar-refractivity contribution is 7.18. The summed E-state index contributed by atoms with van der Waals surface area (Å²) in [6.07, 6.45) is 1.47. The van der Waals surface area contributed by atoms with E-state index in [1.165, 1.54) is 11.1 Å². The lowest BCUT2D eigenvalue weighted by atomic mass is 10.00. The van der Waals surface area contributed by atoms with Crippen LogP contribution in [0, 0.1) is 0 Å². The number of hydrogen-bond donors (Lipinski definition) is 2. The number of aromatic nitrogens is 1. The van der Waals surface area contributed by atoms with Gasteiger partial charge in [-0.25, -0.2) is 4.98 Å². The van der Waals surface area contributed by atoms with Crippen molar-refractivity contribution in [3.05, 3.63) is 64.7 Å². The zero-order chi connectivity index (χ0) is 19.3. The first-order valence-corrected chi connectivity index (χ1v) is 10.6. The lowest BCUT2D eigenvalue weighted by molar-refractivity contribution is -0.121. The minimum absolute atomic E-state index is 0.0395. The van der Waals surface area contributed by atoms with Crippen molar-refractivity contribution < 1.29 is 9.90 Å². The number of rotatable bonds is 7. The van der Waals surface area contributed by atoms with E-state index < -0.39 is 6.10 Å². The zero-order valence-electron chi connectivity index (χ0n) is 15.8. The van der Waals surface area contributed by atoms with E-state index in [2.05, 4.69) is 39.5 Å². The summed E-state index contributed by atoms with van der Waals surface area (Å²) >= 11 is 1.63. The summed E-state index contributed by atoms with van der Waals surface area (Å²) in [6, 6.07) is 16.5. The first-order valence-electron chi connectivity index (χ1n) is 9.76. The third kappa shape index (κ3) is 4.76. The molecular weight excluding hydrogens is 370 g/mol. The second-order valence-corrected chi connectivity index (χ2v) is 8.40. The van der Waals surface area contributed by atoms with E-state index in [4.69, 9.17) is 0 Å². The average molecular weight is 396 g/mol. The van der Waals surface area contributed by atoms with Gasteiger partial charge in [0.1, 0.15) is 0 Å². The molecule has 146 valence electrons. The Morgan fingerprint density at radius 1 is 1.18 bits per heavy atom. The summed E-state index contributed by atoms with van der Waals surface area (Å²) in [4.78, 5) is 18.9. The van der Waals surface area contributed by atoms with Crippen molar-refractivity contribution in [2.75, 3.05) is 19.6 Å². The molecule has 1 aliphatic heterocycles. The minimum atomic E-state index is -0.559. The van der Waals surface area contributed by atoms with Crippen LogP contribution in [-0.4, -0.2) is 46.6 Å². The van der Waals surface area contributed by atoms with Gasteiger partial charge in [0.25, 0.3) is 0 Å². The number of aliphatic hydroxyl groups excluding tert-OH is 1. The number of β-amino-alcohol motifs (C(OH)–C–C–N with tert-alkyl or cyclic N) is 1. The van der Waals surface area contributed by atoms with Gasteiger partial charge in [0.15, 0.2) is 0 Å².